The van der Waals surface area contributed by atoms with Gasteiger partial charge in [0.15, 0.2) is 0 Å². The van der Waals surface area contributed by atoms with Gasteiger partial charge in [0.1, 0.15) is 17.5 Å². The van der Waals surface area contributed by atoms with Gasteiger partial charge in [-0.1, -0.05) is 19.1 Å². The van der Waals surface area contributed by atoms with Crippen LogP contribution in [-0.4, -0.2) is 16.0 Å². The van der Waals surface area contributed by atoms with Gasteiger partial charge in [-0.2, -0.15) is 0 Å². The lowest BCUT2D eigenvalue weighted by molar-refractivity contribution is 1.02. The van der Waals surface area contributed by atoms with Crippen molar-refractivity contribution in [3.05, 3.63) is 41.7 Å². The van der Waals surface area contributed by atoms with Gasteiger partial charge in [0.25, 0.3) is 0 Å². The Morgan fingerprint density at radius 3 is 2.45 bits per heavy atom. The molecular weight excluding hydrogens is 248 g/mol. The monoisotopic (exact) mass is 268 g/mol. The van der Waals surface area contributed by atoms with Crippen molar-refractivity contribution < 1.29 is 0 Å². The van der Waals surface area contributed by atoms with Crippen LogP contribution < -0.4 is 10.6 Å². The standard InChI is InChI=1S/C16H20N4/c1-3-12-4-6-13(7-5-12)19-15-10-16(18-11(2)17-15)20-14-8-9-14/h4-7,10,14H,3,8-9H2,1-2H3,(H2,17,18,19,20). The van der Waals surface area contributed by atoms with Crippen LogP contribution in [0.1, 0.15) is 31.2 Å². The number of nitrogens with one attached hydrogen (secondary N) is 2. The maximum Gasteiger partial charge on any atom is 0.136 e. The van der Waals surface area contributed by atoms with Gasteiger partial charge in [-0.05, 0) is 43.9 Å². The Morgan fingerprint density at radius 2 is 1.80 bits per heavy atom. The van der Waals surface area contributed by atoms with E-state index < -0.39 is 0 Å². The van der Waals surface area contributed by atoms with Crippen molar-refractivity contribution in [2.75, 3.05) is 10.6 Å². The second kappa shape index (κ2) is 5.49. The van der Waals surface area contributed by atoms with E-state index >= 15 is 0 Å². The van der Waals surface area contributed by atoms with Gasteiger partial charge in [0.05, 0.1) is 0 Å². The van der Waals surface area contributed by atoms with Crippen LogP contribution in [0.3, 0.4) is 0 Å². The van der Waals surface area contributed by atoms with Gasteiger partial charge in [0.2, 0.25) is 0 Å². The van der Waals surface area contributed by atoms with Crippen molar-refractivity contribution in [1.29, 1.82) is 0 Å². The third kappa shape index (κ3) is 3.26. The summed E-state index contributed by atoms with van der Waals surface area (Å²) in [6, 6.07) is 11.0. The maximum atomic E-state index is 4.44. The first-order chi connectivity index (χ1) is 9.72. The summed E-state index contributed by atoms with van der Waals surface area (Å²) in [5.74, 6) is 2.53. The summed E-state index contributed by atoms with van der Waals surface area (Å²) in [4.78, 5) is 8.86. The smallest absolute Gasteiger partial charge is 0.136 e. The molecule has 0 atom stereocenters. The third-order valence-corrected chi connectivity index (χ3v) is 3.40. The van der Waals surface area contributed by atoms with Crippen LogP contribution in [0.4, 0.5) is 17.3 Å². The molecule has 0 aliphatic heterocycles. The number of aryl methyl sites for hydroxylation is 2. The summed E-state index contributed by atoms with van der Waals surface area (Å²) < 4.78 is 0. The van der Waals surface area contributed by atoms with Crippen molar-refractivity contribution in [2.45, 2.75) is 39.2 Å². The Morgan fingerprint density at radius 1 is 1.10 bits per heavy atom. The summed E-state index contributed by atoms with van der Waals surface area (Å²) in [6.07, 6.45) is 3.54. The third-order valence-electron chi connectivity index (χ3n) is 3.40. The SMILES string of the molecule is CCc1ccc(Nc2cc(NC3CC3)nc(C)n2)cc1. The highest BCUT2D eigenvalue weighted by atomic mass is 15.1. The predicted molar refractivity (Wildman–Crippen MR) is 82.5 cm³/mol. The van der Waals surface area contributed by atoms with Crippen LogP contribution in [0, 0.1) is 6.92 Å². The molecule has 0 saturated heterocycles. The summed E-state index contributed by atoms with van der Waals surface area (Å²) in [7, 11) is 0. The Kier molecular flexibility index (Phi) is 3.54. The second-order valence-corrected chi connectivity index (χ2v) is 5.28. The highest BCUT2D eigenvalue weighted by Gasteiger charge is 2.21. The fourth-order valence-electron chi connectivity index (χ4n) is 2.11. The van der Waals surface area contributed by atoms with Crippen molar-refractivity contribution >= 4 is 17.3 Å². The molecule has 104 valence electrons. The molecule has 1 aromatic heterocycles. The van der Waals surface area contributed by atoms with Crippen LogP contribution in [-0.2, 0) is 6.42 Å². The Balaban J connectivity index is 1.76. The first-order valence-corrected chi connectivity index (χ1v) is 7.21. The van der Waals surface area contributed by atoms with Gasteiger partial charge >= 0.3 is 0 Å². The average molecular weight is 268 g/mol. The molecule has 0 bridgehead atoms. The van der Waals surface area contributed by atoms with Crippen LogP contribution in [0.25, 0.3) is 0 Å². The second-order valence-electron chi connectivity index (χ2n) is 5.28. The van der Waals surface area contributed by atoms with Crippen LogP contribution in [0.2, 0.25) is 0 Å². The predicted octanol–water partition coefficient (Wildman–Crippen LogP) is 3.67. The lowest BCUT2D eigenvalue weighted by Crippen LogP contribution is -2.06. The molecule has 1 aliphatic carbocycles. The van der Waals surface area contributed by atoms with Crippen LogP contribution in [0.15, 0.2) is 30.3 Å². The van der Waals surface area contributed by atoms with E-state index in [-0.39, 0.29) is 0 Å². The molecule has 3 rings (SSSR count). The highest BCUT2D eigenvalue weighted by molar-refractivity contribution is 5.59. The summed E-state index contributed by atoms with van der Waals surface area (Å²) in [5, 5.41) is 6.75. The minimum Gasteiger partial charge on any atom is -0.367 e. The normalized spacial score (nSPS) is 14.1. The van der Waals surface area contributed by atoms with E-state index in [0.717, 1.165) is 29.6 Å². The molecule has 1 fully saturated rings. The van der Waals surface area contributed by atoms with E-state index in [9.17, 15) is 0 Å². The van der Waals surface area contributed by atoms with Crippen molar-refractivity contribution in [3.8, 4) is 0 Å². The number of anilines is 3. The quantitative estimate of drug-likeness (QED) is 0.868. The van der Waals surface area contributed by atoms with Crippen molar-refractivity contribution in [2.24, 2.45) is 0 Å². The Labute approximate surface area is 119 Å². The van der Waals surface area contributed by atoms with Crippen LogP contribution in [0.5, 0.6) is 0 Å². The number of nitrogens with zero attached hydrogens (tertiary/aromatic N) is 2. The number of rotatable bonds is 5. The maximum absolute atomic E-state index is 4.44. The number of hydrogen-bond donors (Lipinski definition) is 2. The number of hydrogen-bond acceptors (Lipinski definition) is 4. The molecule has 2 aromatic rings. The van der Waals surface area contributed by atoms with Crippen LogP contribution >= 0.6 is 0 Å². The molecule has 1 heterocycles. The first-order valence-electron chi connectivity index (χ1n) is 7.21. The Bertz CT molecular complexity index is 588. The van der Waals surface area contributed by atoms with E-state index in [2.05, 4.69) is 51.8 Å². The summed E-state index contributed by atoms with van der Waals surface area (Å²) >= 11 is 0. The van der Waals surface area contributed by atoms with E-state index in [1.54, 1.807) is 0 Å². The van der Waals surface area contributed by atoms with Gasteiger partial charge in [-0.15, -0.1) is 0 Å². The zero-order chi connectivity index (χ0) is 13.9. The fraction of sp³-hybridized carbons (Fsp3) is 0.375. The molecule has 20 heavy (non-hydrogen) atoms. The zero-order valence-corrected chi connectivity index (χ0v) is 12.0. The lowest BCUT2D eigenvalue weighted by Gasteiger charge is -2.10. The highest BCUT2D eigenvalue weighted by Crippen LogP contribution is 2.25. The molecular formula is C16H20N4. The van der Waals surface area contributed by atoms with E-state index in [1.807, 2.05) is 13.0 Å². The molecule has 2 N–H and O–H groups in total. The first kappa shape index (κ1) is 12.9. The minimum absolute atomic E-state index is 0.598. The molecule has 1 saturated carbocycles. The van der Waals surface area contributed by atoms with Gasteiger partial charge in [0, 0.05) is 17.8 Å². The fourth-order valence-corrected chi connectivity index (χ4v) is 2.11. The summed E-state index contributed by atoms with van der Waals surface area (Å²) in [5.41, 5.74) is 2.39. The molecule has 1 aliphatic rings. The largest absolute Gasteiger partial charge is 0.367 e. The van der Waals surface area contributed by atoms with E-state index in [4.69, 9.17) is 0 Å². The molecule has 4 heteroatoms. The topological polar surface area (TPSA) is 49.8 Å². The molecule has 0 radical (unpaired) electrons. The van der Waals surface area contributed by atoms with E-state index in [1.165, 1.54) is 18.4 Å². The number of benzene rings is 1. The zero-order valence-electron chi connectivity index (χ0n) is 12.0. The molecule has 0 spiro atoms. The minimum atomic E-state index is 0.598. The van der Waals surface area contributed by atoms with Gasteiger partial charge < -0.3 is 10.6 Å². The van der Waals surface area contributed by atoms with Crippen molar-refractivity contribution in [3.63, 3.8) is 0 Å². The van der Waals surface area contributed by atoms with E-state index in [0.29, 0.717) is 6.04 Å². The molecule has 4 nitrogen and oxygen atoms in total. The number of aromatic nitrogens is 2. The van der Waals surface area contributed by atoms with Crippen molar-refractivity contribution in [1.82, 2.24) is 9.97 Å². The molecule has 0 unspecified atom stereocenters. The van der Waals surface area contributed by atoms with Gasteiger partial charge in [-0.3, -0.25) is 0 Å². The Hall–Kier alpha value is -2.10. The lowest BCUT2D eigenvalue weighted by atomic mass is 10.1. The summed E-state index contributed by atoms with van der Waals surface area (Å²) in [6.45, 7) is 4.08. The molecule has 1 aromatic carbocycles. The van der Waals surface area contributed by atoms with Gasteiger partial charge in [-0.25, -0.2) is 9.97 Å². The average Bonchev–Trinajstić information content (AvgIpc) is 3.23. The molecule has 0 amide bonds.